The van der Waals surface area contributed by atoms with Gasteiger partial charge in [-0.1, -0.05) is 36.4 Å². The molecule has 0 bridgehead atoms. The van der Waals surface area contributed by atoms with Gasteiger partial charge < -0.3 is 9.88 Å². The van der Waals surface area contributed by atoms with E-state index in [1.807, 2.05) is 6.07 Å². The number of anilines is 1. The zero-order chi connectivity index (χ0) is 26.8. The number of nitrogens with one attached hydrogen (secondary N) is 2. The maximum atomic E-state index is 13.1. The van der Waals surface area contributed by atoms with Crippen LogP contribution in [0.25, 0.3) is 16.8 Å². The second-order valence-electron chi connectivity index (χ2n) is 9.46. The van der Waals surface area contributed by atoms with Gasteiger partial charge in [-0.25, -0.2) is 13.1 Å². The first-order chi connectivity index (χ1) is 17.5. The summed E-state index contributed by atoms with van der Waals surface area (Å²) in [6.07, 6.45) is 1.76. The van der Waals surface area contributed by atoms with Gasteiger partial charge in [0, 0.05) is 33.1 Å². The van der Waals surface area contributed by atoms with Crippen LogP contribution in [-0.2, 0) is 10.0 Å². The summed E-state index contributed by atoms with van der Waals surface area (Å²) < 4.78 is 31.1. The largest absolute Gasteiger partial charge is 0.321 e. The first kappa shape index (κ1) is 26.4. The van der Waals surface area contributed by atoms with Crippen LogP contribution in [0.15, 0.2) is 94.4 Å². The number of hydrogen-bond acceptors (Lipinski definition) is 4. The number of amides is 1. The lowest BCUT2D eigenvalue weighted by Crippen LogP contribution is -2.40. The van der Waals surface area contributed by atoms with Gasteiger partial charge in [-0.15, -0.1) is 0 Å². The molecule has 0 aliphatic carbocycles. The number of sulfonamides is 1. The highest BCUT2D eigenvalue weighted by Crippen LogP contribution is 2.29. The summed E-state index contributed by atoms with van der Waals surface area (Å²) in [5.41, 5.74) is 2.76. The fourth-order valence-corrected chi connectivity index (χ4v) is 5.94. The van der Waals surface area contributed by atoms with E-state index >= 15 is 0 Å². The van der Waals surface area contributed by atoms with Crippen molar-refractivity contribution in [1.82, 2.24) is 9.29 Å². The predicted molar refractivity (Wildman–Crippen MR) is 148 cm³/mol. The maximum Gasteiger partial charge on any atom is 0.272 e. The topological polar surface area (TPSA) is 104 Å². The highest BCUT2D eigenvalue weighted by atomic mass is 79.9. The second kappa shape index (κ2) is 10.3. The Morgan fingerprint density at radius 2 is 1.68 bits per heavy atom. The second-order valence-corrected chi connectivity index (χ2v) is 12.0. The van der Waals surface area contributed by atoms with Crippen molar-refractivity contribution in [2.45, 2.75) is 31.2 Å². The van der Waals surface area contributed by atoms with Crippen LogP contribution in [0.3, 0.4) is 0 Å². The zero-order valence-corrected chi connectivity index (χ0v) is 22.9. The van der Waals surface area contributed by atoms with Crippen molar-refractivity contribution in [3.8, 4) is 22.9 Å². The van der Waals surface area contributed by atoms with Crippen molar-refractivity contribution in [2.24, 2.45) is 0 Å². The van der Waals surface area contributed by atoms with Crippen molar-refractivity contribution in [1.29, 1.82) is 5.26 Å². The van der Waals surface area contributed by atoms with E-state index in [4.69, 9.17) is 0 Å². The Bertz CT molecular complexity index is 1610. The molecule has 7 nitrogen and oxygen atoms in total. The zero-order valence-electron chi connectivity index (χ0n) is 20.5. The first-order valence-corrected chi connectivity index (χ1v) is 13.7. The molecule has 0 unspecified atom stereocenters. The minimum absolute atomic E-state index is 0.184. The van der Waals surface area contributed by atoms with Crippen molar-refractivity contribution < 1.29 is 13.2 Å². The molecule has 1 amide bonds. The molecular weight excluding hydrogens is 552 g/mol. The predicted octanol–water partition coefficient (Wildman–Crippen LogP) is 6.11. The van der Waals surface area contributed by atoms with E-state index < -0.39 is 15.6 Å². The molecule has 3 aromatic carbocycles. The van der Waals surface area contributed by atoms with Crippen molar-refractivity contribution >= 4 is 37.5 Å². The number of nitriles is 1. The van der Waals surface area contributed by atoms with Gasteiger partial charge >= 0.3 is 0 Å². The molecule has 0 aliphatic rings. The van der Waals surface area contributed by atoms with E-state index in [1.54, 1.807) is 104 Å². The molecule has 0 spiro atoms. The van der Waals surface area contributed by atoms with E-state index in [9.17, 15) is 18.5 Å². The first-order valence-electron chi connectivity index (χ1n) is 11.4. The number of carbonyl (C=O) groups is 1. The number of benzene rings is 3. The van der Waals surface area contributed by atoms with E-state index in [2.05, 4.69) is 32.0 Å². The molecule has 37 heavy (non-hydrogen) atoms. The van der Waals surface area contributed by atoms with Gasteiger partial charge in [0.2, 0.25) is 10.0 Å². The third kappa shape index (κ3) is 6.17. The number of aromatic nitrogens is 1. The van der Waals surface area contributed by atoms with Gasteiger partial charge in [0.05, 0.1) is 16.5 Å². The standard InChI is InChI=1S/C28H25BrN4O3S/c1-28(2,3)32-37(35,36)26-10-5-4-9-24(26)20-11-13-22(14-12-20)31-27(34)25-16-21(29)18-33(25)23-8-6-7-19(15-23)17-30/h4-16,18,32H,1-3H3,(H,31,34). The minimum atomic E-state index is -3.74. The van der Waals surface area contributed by atoms with E-state index in [-0.39, 0.29) is 10.8 Å². The Morgan fingerprint density at radius 3 is 2.35 bits per heavy atom. The molecular formula is C28H25BrN4O3S. The number of halogens is 1. The molecule has 0 saturated carbocycles. The lowest BCUT2D eigenvalue weighted by molar-refractivity contribution is 0.102. The fourth-order valence-electron chi connectivity index (χ4n) is 3.87. The minimum Gasteiger partial charge on any atom is -0.321 e. The van der Waals surface area contributed by atoms with Crippen molar-refractivity contribution in [3.63, 3.8) is 0 Å². The Hall–Kier alpha value is -3.71. The van der Waals surface area contributed by atoms with Crippen molar-refractivity contribution in [3.05, 3.63) is 101 Å². The quantitative estimate of drug-likeness (QED) is 0.289. The molecule has 9 heteroatoms. The average molecular weight is 578 g/mol. The molecule has 0 fully saturated rings. The van der Waals surface area contributed by atoms with E-state index in [0.29, 0.717) is 33.8 Å². The van der Waals surface area contributed by atoms with Crippen LogP contribution in [0.2, 0.25) is 0 Å². The third-order valence-corrected chi connectivity index (χ3v) is 7.59. The smallest absolute Gasteiger partial charge is 0.272 e. The third-order valence-electron chi connectivity index (χ3n) is 5.34. The Labute approximate surface area is 224 Å². The van der Waals surface area contributed by atoms with Crippen molar-refractivity contribution in [2.75, 3.05) is 5.32 Å². The van der Waals surface area contributed by atoms with Gasteiger partial charge in [-0.05, 0) is 84.7 Å². The summed E-state index contributed by atoms with van der Waals surface area (Å²) in [6, 6.07) is 24.6. The number of carbonyl (C=O) groups excluding carboxylic acids is 1. The summed E-state index contributed by atoms with van der Waals surface area (Å²) >= 11 is 3.43. The summed E-state index contributed by atoms with van der Waals surface area (Å²) in [5, 5.41) is 12.1. The van der Waals surface area contributed by atoms with Gasteiger partial charge in [0.15, 0.2) is 0 Å². The van der Waals surface area contributed by atoms with Gasteiger partial charge in [-0.2, -0.15) is 5.26 Å². The van der Waals surface area contributed by atoms with Gasteiger partial charge in [-0.3, -0.25) is 4.79 Å². The average Bonchev–Trinajstić information content (AvgIpc) is 3.25. The maximum absolute atomic E-state index is 13.1. The summed E-state index contributed by atoms with van der Waals surface area (Å²) in [5.74, 6) is -0.335. The Kier molecular flexibility index (Phi) is 7.37. The summed E-state index contributed by atoms with van der Waals surface area (Å²) in [7, 11) is -3.74. The monoisotopic (exact) mass is 576 g/mol. The lowest BCUT2D eigenvalue weighted by Gasteiger charge is -2.21. The van der Waals surface area contributed by atoms with Crippen LogP contribution in [0, 0.1) is 11.3 Å². The fraction of sp³-hybridized carbons (Fsp3) is 0.143. The molecule has 1 aromatic heterocycles. The van der Waals surface area contributed by atoms with Gasteiger partial charge in [0.1, 0.15) is 5.69 Å². The molecule has 2 N–H and O–H groups in total. The molecule has 0 atom stereocenters. The number of rotatable bonds is 6. The normalized spacial score (nSPS) is 11.6. The highest BCUT2D eigenvalue weighted by molar-refractivity contribution is 9.10. The van der Waals surface area contributed by atoms with Crippen LogP contribution in [0.4, 0.5) is 5.69 Å². The van der Waals surface area contributed by atoms with E-state index in [0.717, 1.165) is 4.47 Å². The summed E-state index contributed by atoms with van der Waals surface area (Å²) in [4.78, 5) is 13.3. The SMILES string of the molecule is CC(C)(C)NS(=O)(=O)c1ccccc1-c1ccc(NC(=O)c2cc(Br)cn2-c2cccc(C#N)c2)cc1. The van der Waals surface area contributed by atoms with Gasteiger partial charge in [0.25, 0.3) is 5.91 Å². The van der Waals surface area contributed by atoms with Crippen LogP contribution >= 0.6 is 15.9 Å². The highest BCUT2D eigenvalue weighted by Gasteiger charge is 2.24. The number of hydrogen-bond donors (Lipinski definition) is 2. The molecule has 0 aliphatic heterocycles. The molecule has 188 valence electrons. The molecule has 0 saturated heterocycles. The number of nitrogens with zero attached hydrogens (tertiary/aromatic N) is 2. The Balaban J connectivity index is 1.60. The van der Waals surface area contributed by atoms with Crippen LogP contribution in [0.1, 0.15) is 36.8 Å². The molecule has 1 heterocycles. The van der Waals surface area contributed by atoms with Crippen LogP contribution in [0.5, 0.6) is 0 Å². The lowest BCUT2D eigenvalue weighted by atomic mass is 10.1. The Morgan fingerprint density at radius 1 is 0.973 bits per heavy atom. The summed E-state index contributed by atoms with van der Waals surface area (Å²) in [6.45, 7) is 5.37. The van der Waals surface area contributed by atoms with Crippen LogP contribution in [-0.4, -0.2) is 24.4 Å². The molecule has 4 rings (SSSR count). The van der Waals surface area contributed by atoms with E-state index in [1.165, 1.54) is 0 Å². The van der Waals surface area contributed by atoms with Crippen LogP contribution < -0.4 is 10.0 Å². The molecule has 4 aromatic rings. The molecule has 0 radical (unpaired) electrons.